The van der Waals surface area contributed by atoms with Crippen LogP contribution in [-0.4, -0.2) is 27.4 Å². The summed E-state index contributed by atoms with van der Waals surface area (Å²) in [6.45, 7) is 5.97. The number of nitrogens with zero attached hydrogens (tertiary/aromatic N) is 1. The molecule has 5 nitrogen and oxygen atoms in total. The molecule has 7 heteroatoms. The number of sulfonamides is 1. The van der Waals surface area contributed by atoms with Crippen molar-refractivity contribution in [1.82, 2.24) is 5.32 Å². The first-order valence-corrected chi connectivity index (χ1v) is 12.3. The van der Waals surface area contributed by atoms with E-state index in [1.165, 1.54) is 12.1 Å². The van der Waals surface area contributed by atoms with Crippen molar-refractivity contribution in [1.29, 1.82) is 0 Å². The summed E-state index contributed by atoms with van der Waals surface area (Å²) in [6, 6.07) is 19.8. The first-order chi connectivity index (χ1) is 15.7. The fourth-order valence-corrected chi connectivity index (χ4v) is 4.78. The Morgan fingerprint density at radius 3 is 2.12 bits per heavy atom. The highest BCUT2D eigenvalue weighted by Gasteiger charge is 2.27. The average Bonchev–Trinajstić information content (AvgIpc) is 2.79. The Morgan fingerprint density at radius 1 is 0.939 bits per heavy atom. The molecule has 0 aliphatic rings. The maximum atomic E-state index is 13.4. The molecule has 3 aromatic rings. The van der Waals surface area contributed by atoms with Gasteiger partial charge in [0.2, 0.25) is 5.91 Å². The standard InChI is InChI=1S/C26H29FN2O3S/c1-19(2)22-8-12-24(13-9-22)29(33(31,32)25-14-4-20(3)5-15-25)18-26(30)28-17-16-21-6-10-23(27)11-7-21/h4-15,19H,16-18H2,1-3H3,(H,28,30). The summed E-state index contributed by atoms with van der Waals surface area (Å²) < 4.78 is 41.1. The predicted molar refractivity (Wildman–Crippen MR) is 129 cm³/mol. The van der Waals surface area contributed by atoms with Crippen LogP contribution in [-0.2, 0) is 21.2 Å². The van der Waals surface area contributed by atoms with Crippen LogP contribution in [0.3, 0.4) is 0 Å². The van der Waals surface area contributed by atoms with Gasteiger partial charge in [0.25, 0.3) is 10.0 Å². The molecular weight excluding hydrogens is 439 g/mol. The number of aryl methyl sites for hydroxylation is 1. The molecule has 0 aromatic heterocycles. The van der Waals surface area contributed by atoms with Crippen LogP contribution < -0.4 is 9.62 Å². The van der Waals surface area contributed by atoms with Crippen LogP contribution in [0.1, 0.15) is 36.5 Å². The van der Waals surface area contributed by atoms with Crippen molar-refractivity contribution >= 4 is 21.6 Å². The van der Waals surface area contributed by atoms with E-state index in [1.54, 1.807) is 48.5 Å². The highest BCUT2D eigenvalue weighted by Crippen LogP contribution is 2.26. The van der Waals surface area contributed by atoms with Crippen LogP contribution in [0, 0.1) is 12.7 Å². The van der Waals surface area contributed by atoms with Gasteiger partial charge in [-0.05, 0) is 66.8 Å². The number of amides is 1. The molecule has 0 atom stereocenters. The summed E-state index contributed by atoms with van der Waals surface area (Å²) in [4.78, 5) is 12.8. The smallest absolute Gasteiger partial charge is 0.264 e. The third kappa shape index (κ3) is 6.42. The number of carbonyl (C=O) groups is 1. The van der Waals surface area contributed by atoms with Crippen molar-refractivity contribution in [2.75, 3.05) is 17.4 Å². The fraction of sp³-hybridized carbons (Fsp3) is 0.269. The molecule has 0 aliphatic heterocycles. The Kier molecular flexibility index (Phi) is 7.87. The van der Waals surface area contributed by atoms with Crippen molar-refractivity contribution in [3.05, 3.63) is 95.3 Å². The molecule has 1 N–H and O–H groups in total. The summed E-state index contributed by atoms with van der Waals surface area (Å²) in [6.07, 6.45) is 0.514. The average molecular weight is 469 g/mol. The van der Waals surface area contributed by atoms with Crippen molar-refractivity contribution in [3.63, 3.8) is 0 Å². The second-order valence-electron chi connectivity index (χ2n) is 8.30. The highest BCUT2D eigenvalue weighted by atomic mass is 32.2. The zero-order chi connectivity index (χ0) is 24.0. The first-order valence-electron chi connectivity index (χ1n) is 10.9. The zero-order valence-corrected chi connectivity index (χ0v) is 19.9. The lowest BCUT2D eigenvalue weighted by Crippen LogP contribution is -2.41. The lowest BCUT2D eigenvalue weighted by atomic mass is 10.0. The second-order valence-corrected chi connectivity index (χ2v) is 10.2. The molecular formula is C26H29FN2O3S. The van der Waals surface area contributed by atoms with Crippen LogP contribution in [0.5, 0.6) is 0 Å². The quantitative estimate of drug-likeness (QED) is 0.490. The molecule has 0 saturated heterocycles. The number of hydrogen-bond acceptors (Lipinski definition) is 3. The molecule has 33 heavy (non-hydrogen) atoms. The topological polar surface area (TPSA) is 66.5 Å². The lowest BCUT2D eigenvalue weighted by molar-refractivity contribution is -0.119. The molecule has 0 unspecified atom stereocenters. The summed E-state index contributed by atoms with van der Waals surface area (Å²) in [7, 11) is -3.95. The van der Waals surface area contributed by atoms with Gasteiger partial charge >= 0.3 is 0 Å². The van der Waals surface area contributed by atoms with E-state index < -0.39 is 15.9 Å². The van der Waals surface area contributed by atoms with Gasteiger partial charge in [-0.3, -0.25) is 9.10 Å². The number of rotatable bonds is 9. The molecule has 0 fully saturated rings. The van der Waals surface area contributed by atoms with Crippen LogP contribution in [0.4, 0.5) is 10.1 Å². The van der Waals surface area contributed by atoms with Crippen molar-refractivity contribution in [2.45, 2.75) is 38.0 Å². The van der Waals surface area contributed by atoms with Gasteiger partial charge in [-0.15, -0.1) is 0 Å². The minimum Gasteiger partial charge on any atom is -0.354 e. The minimum absolute atomic E-state index is 0.125. The van der Waals surface area contributed by atoms with Crippen LogP contribution in [0.25, 0.3) is 0 Å². The number of hydrogen-bond donors (Lipinski definition) is 1. The van der Waals surface area contributed by atoms with Crippen molar-refractivity contribution in [2.24, 2.45) is 0 Å². The van der Waals surface area contributed by atoms with E-state index >= 15 is 0 Å². The Hall–Kier alpha value is -3.19. The van der Waals surface area contributed by atoms with Gasteiger partial charge in [0.1, 0.15) is 12.4 Å². The number of nitrogens with one attached hydrogen (secondary N) is 1. The van der Waals surface area contributed by atoms with Gasteiger partial charge in [0.05, 0.1) is 10.6 Å². The predicted octanol–water partition coefficient (Wildman–Crippen LogP) is 4.81. The van der Waals surface area contributed by atoms with Gasteiger partial charge in [-0.1, -0.05) is 55.8 Å². The van der Waals surface area contributed by atoms with Gasteiger partial charge in [-0.2, -0.15) is 0 Å². The van der Waals surface area contributed by atoms with Crippen LogP contribution in [0.2, 0.25) is 0 Å². The Balaban J connectivity index is 1.79. The first kappa shape index (κ1) is 24.5. The fourth-order valence-electron chi connectivity index (χ4n) is 3.36. The molecule has 0 heterocycles. The molecule has 0 radical (unpaired) electrons. The van der Waals surface area contributed by atoms with Crippen LogP contribution in [0.15, 0.2) is 77.7 Å². The second kappa shape index (κ2) is 10.6. The molecule has 0 spiro atoms. The minimum atomic E-state index is -3.95. The van der Waals surface area contributed by atoms with E-state index in [0.717, 1.165) is 21.0 Å². The van der Waals surface area contributed by atoms with Gasteiger partial charge < -0.3 is 5.32 Å². The lowest BCUT2D eigenvalue weighted by Gasteiger charge is -2.24. The number of anilines is 1. The van der Waals surface area contributed by atoms with Gasteiger partial charge in [0, 0.05) is 6.54 Å². The maximum absolute atomic E-state index is 13.4. The molecule has 174 valence electrons. The third-order valence-electron chi connectivity index (χ3n) is 5.39. The molecule has 0 bridgehead atoms. The molecule has 3 rings (SSSR count). The van der Waals surface area contributed by atoms with E-state index in [4.69, 9.17) is 0 Å². The number of carbonyl (C=O) groups excluding carboxylic acids is 1. The van der Waals surface area contributed by atoms with Crippen LogP contribution >= 0.6 is 0 Å². The molecule has 0 aliphatic carbocycles. The zero-order valence-electron chi connectivity index (χ0n) is 19.1. The Labute approximate surface area is 195 Å². The largest absolute Gasteiger partial charge is 0.354 e. The molecule has 0 saturated carbocycles. The van der Waals surface area contributed by atoms with E-state index in [1.807, 2.05) is 19.1 Å². The molecule has 1 amide bonds. The summed E-state index contributed by atoms with van der Waals surface area (Å²) in [5.41, 5.74) is 3.33. The Morgan fingerprint density at radius 2 is 1.55 bits per heavy atom. The summed E-state index contributed by atoms with van der Waals surface area (Å²) in [5.74, 6) is -0.431. The normalized spacial score (nSPS) is 11.4. The number of benzene rings is 3. The van der Waals surface area contributed by atoms with E-state index in [2.05, 4.69) is 19.2 Å². The summed E-state index contributed by atoms with van der Waals surface area (Å²) >= 11 is 0. The van der Waals surface area contributed by atoms with Gasteiger partial charge in [0.15, 0.2) is 0 Å². The maximum Gasteiger partial charge on any atom is 0.264 e. The van der Waals surface area contributed by atoms with E-state index in [-0.39, 0.29) is 17.3 Å². The third-order valence-corrected chi connectivity index (χ3v) is 7.18. The van der Waals surface area contributed by atoms with Gasteiger partial charge in [-0.25, -0.2) is 12.8 Å². The monoisotopic (exact) mass is 468 g/mol. The Bertz CT molecular complexity index is 1170. The number of halogens is 1. The van der Waals surface area contributed by atoms with Crippen molar-refractivity contribution in [3.8, 4) is 0 Å². The SMILES string of the molecule is Cc1ccc(S(=O)(=O)N(CC(=O)NCCc2ccc(F)cc2)c2ccc(C(C)C)cc2)cc1. The molecule has 3 aromatic carbocycles. The van der Waals surface area contributed by atoms with Crippen molar-refractivity contribution < 1.29 is 17.6 Å². The summed E-state index contributed by atoms with van der Waals surface area (Å²) in [5, 5.41) is 2.77. The van der Waals surface area contributed by atoms with E-state index in [0.29, 0.717) is 24.6 Å². The van der Waals surface area contributed by atoms with E-state index in [9.17, 15) is 17.6 Å². The highest BCUT2D eigenvalue weighted by molar-refractivity contribution is 7.92.